The fourth-order valence-corrected chi connectivity index (χ4v) is 2.56. The van der Waals surface area contributed by atoms with Crippen molar-refractivity contribution in [1.82, 2.24) is 4.90 Å². The SMILES string of the molecule is CC(=O)C1C=CN2C(=O)C[C@H]2S1.O. The molecule has 0 aromatic carbocycles. The van der Waals surface area contributed by atoms with Crippen LogP contribution in [0.1, 0.15) is 13.3 Å². The van der Waals surface area contributed by atoms with Gasteiger partial charge in [-0.1, -0.05) is 0 Å². The quantitative estimate of drug-likeness (QED) is 0.558. The molecule has 0 radical (unpaired) electrons. The van der Waals surface area contributed by atoms with Gasteiger partial charge >= 0.3 is 0 Å². The molecule has 1 amide bonds. The van der Waals surface area contributed by atoms with E-state index in [0.29, 0.717) is 6.42 Å². The number of rotatable bonds is 1. The summed E-state index contributed by atoms with van der Waals surface area (Å²) in [5.74, 6) is 0.320. The number of β-lactam (4-membered cyclic amide) rings is 1. The van der Waals surface area contributed by atoms with Crippen molar-refractivity contribution >= 4 is 23.5 Å². The first-order valence-electron chi connectivity index (χ1n) is 3.84. The largest absolute Gasteiger partial charge is 0.412 e. The maximum Gasteiger partial charge on any atom is 0.230 e. The highest BCUT2D eigenvalue weighted by Crippen LogP contribution is 2.36. The van der Waals surface area contributed by atoms with Crippen LogP contribution in [0.25, 0.3) is 0 Å². The number of carbonyl (C=O) groups is 2. The Bertz CT molecular complexity index is 277. The molecule has 2 heterocycles. The van der Waals surface area contributed by atoms with E-state index in [1.54, 1.807) is 35.9 Å². The molecule has 1 unspecified atom stereocenters. The summed E-state index contributed by atoms with van der Waals surface area (Å²) in [6.07, 6.45) is 4.11. The van der Waals surface area contributed by atoms with Gasteiger partial charge in [-0.3, -0.25) is 9.59 Å². The van der Waals surface area contributed by atoms with Crippen molar-refractivity contribution < 1.29 is 15.1 Å². The normalized spacial score (nSPS) is 30.2. The Balaban J connectivity index is 0.000000845. The summed E-state index contributed by atoms with van der Waals surface area (Å²) in [4.78, 5) is 23.6. The zero-order valence-corrected chi connectivity index (χ0v) is 8.00. The molecule has 0 bridgehead atoms. The predicted molar refractivity (Wildman–Crippen MR) is 50.1 cm³/mol. The van der Waals surface area contributed by atoms with Gasteiger partial charge in [-0.25, -0.2) is 0 Å². The number of amides is 1. The molecule has 2 N–H and O–H groups in total. The Hall–Kier alpha value is -0.810. The van der Waals surface area contributed by atoms with E-state index in [2.05, 4.69) is 0 Å². The molecule has 0 saturated carbocycles. The Morgan fingerprint density at radius 3 is 2.85 bits per heavy atom. The van der Waals surface area contributed by atoms with Crippen LogP contribution in [0.2, 0.25) is 0 Å². The van der Waals surface area contributed by atoms with Crippen LogP contribution >= 0.6 is 11.8 Å². The van der Waals surface area contributed by atoms with Crippen molar-refractivity contribution in [3.05, 3.63) is 12.3 Å². The zero-order chi connectivity index (χ0) is 8.72. The van der Waals surface area contributed by atoms with Gasteiger partial charge in [0.15, 0.2) is 0 Å². The molecule has 1 saturated heterocycles. The first kappa shape index (κ1) is 10.3. The number of hydrogen-bond donors (Lipinski definition) is 0. The lowest BCUT2D eigenvalue weighted by Crippen LogP contribution is -2.50. The third-order valence-corrected chi connectivity index (χ3v) is 3.56. The highest BCUT2D eigenvalue weighted by Gasteiger charge is 2.39. The molecular weight excluding hydrogens is 190 g/mol. The number of fused-ring (bicyclic) bond motifs is 1. The van der Waals surface area contributed by atoms with Crippen LogP contribution in [0, 0.1) is 0 Å². The molecule has 4 nitrogen and oxygen atoms in total. The van der Waals surface area contributed by atoms with Gasteiger partial charge in [-0.05, 0) is 13.0 Å². The van der Waals surface area contributed by atoms with Crippen LogP contribution in [0.4, 0.5) is 0 Å². The van der Waals surface area contributed by atoms with Gasteiger partial charge < -0.3 is 10.4 Å². The van der Waals surface area contributed by atoms with Gasteiger partial charge in [-0.15, -0.1) is 11.8 Å². The number of carbonyl (C=O) groups excluding carboxylic acids is 2. The molecule has 72 valence electrons. The van der Waals surface area contributed by atoms with Crippen LogP contribution in [-0.4, -0.2) is 32.7 Å². The second-order valence-corrected chi connectivity index (χ2v) is 4.29. The molecule has 0 aromatic heterocycles. The van der Waals surface area contributed by atoms with Crippen molar-refractivity contribution in [2.24, 2.45) is 0 Å². The van der Waals surface area contributed by atoms with Gasteiger partial charge in [-0.2, -0.15) is 0 Å². The van der Waals surface area contributed by atoms with Crippen molar-refractivity contribution in [2.45, 2.75) is 24.0 Å². The van der Waals surface area contributed by atoms with Gasteiger partial charge in [0.05, 0.1) is 17.0 Å². The Morgan fingerprint density at radius 1 is 1.69 bits per heavy atom. The second kappa shape index (κ2) is 3.51. The van der Waals surface area contributed by atoms with Crippen molar-refractivity contribution in [2.75, 3.05) is 0 Å². The van der Waals surface area contributed by atoms with Crippen LogP contribution in [-0.2, 0) is 9.59 Å². The fraction of sp³-hybridized carbons (Fsp3) is 0.500. The van der Waals surface area contributed by atoms with E-state index < -0.39 is 0 Å². The maximum absolute atomic E-state index is 11.0. The summed E-state index contributed by atoms with van der Waals surface area (Å²) in [6.45, 7) is 1.58. The number of ketones is 1. The molecule has 0 aromatic rings. The van der Waals surface area contributed by atoms with E-state index in [1.807, 2.05) is 0 Å². The fourth-order valence-electron chi connectivity index (χ4n) is 1.31. The summed E-state index contributed by atoms with van der Waals surface area (Å²) >= 11 is 1.56. The third-order valence-electron chi connectivity index (χ3n) is 2.07. The lowest BCUT2D eigenvalue weighted by Gasteiger charge is -2.41. The molecule has 2 aliphatic rings. The number of nitrogens with zero attached hydrogens (tertiary/aromatic N) is 1. The lowest BCUT2D eigenvalue weighted by molar-refractivity contribution is -0.137. The Kier molecular flexibility index (Phi) is 2.77. The first-order chi connectivity index (χ1) is 5.68. The minimum Gasteiger partial charge on any atom is -0.412 e. The van der Waals surface area contributed by atoms with Crippen LogP contribution in [0.15, 0.2) is 12.3 Å². The topological polar surface area (TPSA) is 68.9 Å². The van der Waals surface area contributed by atoms with E-state index in [4.69, 9.17) is 0 Å². The highest BCUT2D eigenvalue weighted by atomic mass is 32.2. The van der Waals surface area contributed by atoms with E-state index >= 15 is 0 Å². The smallest absolute Gasteiger partial charge is 0.230 e. The maximum atomic E-state index is 11.0. The first-order valence-corrected chi connectivity index (χ1v) is 4.78. The van der Waals surface area contributed by atoms with Gasteiger partial charge in [0.25, 0.3) is 0 Å². The van der Waals surface area contributed by atoms with Gasteiger partial charge in [0.2, 0.25) is 5.91 Å². The third kappa shape index (κ3) is 1.62. The molecule has 0 spiro atoms. The monoisotopic (exact) mass is 201 g/mol. The molecular formula is C8H11NO3S. The minimum atomic E-state index is -0.0423. The van der Waals surface area contributed by atoms with E-state index in [9.17, 15) is 9.59 Å². The summed E-state index contributed by atoms with van der Waals surface area (Å²) < 4.78 is 0. The molecule has 2 aliphatic heterocycles. The van der Waals surface area contributed by atoms with Gasteiger partial charge in [0.1, 0.15) is 5.78 Å². The van der Waals surface area contributed by atoms with Crippen LogP contribution < -0.4 is 0 Å². The molecule has 13 heavy (non-hydrogen) atoms. The summed E-state index contributed by atoms with van der Waals surface area (Å²) in [5.41, 5.74) is 0. The van der Waals surface area contributed by atoms with E-state index in [0.717, 1.165) is 0 Å². The molecule has 1 fully saturated rings. The Morgan fingerprint density at radius 2 is 2.38 bits per heavy atom. The van der Waals surface area contributed by atoms with Crippen LogP contribution in [0.3, 0.4) is 0 Å². The van der Waals surface area contributed by atoms with Gasteiger partial charge in [0, 0.05) is 6.20 Å². The van der Waals surface area contributed by atoms with E-state index in [1.165, 1.54) is 0 Å². The summed E-state index contributed by atoms with van der Waals surface area (Å²) in [6, 6.07) is 0. The van der Waals surface area contributed by atoms with Crippen molar-refractivity contribution in [3.8, 4) is 0 Å². The molecule has 2 atom stereocenters. The molecule has 2 rings (SSSR count). The molecule has 0 aliphatic carbocycles. The van der Waals surface area contributed by atoms with Crippen molar-refractivity contribution in [1.29, 1.82) is 0 Å². The Labute approximate surface area is 80.3 Å². The van der Waals surface area contributed by atoms with E-state index in [-0.39, 0.29) is 27.8 Å². The number of thioether (sulfide) groups is 1. The minimum absolute atomic E-state index is 0. The van der Waals surface area contributed by atoms with Crippen LogP contribution in [0.5, 0.6) is 0 Å². The molecule has 5 heteroatoms. The summed E-state index contributed by atoms with van der Waals surface area (Å²) in [5, 5.41) is 0.177. The number of hydrogen-bond acceptors (Lipinski definition) is 3. The second-order valence-electron chi connectivity index (χ2n) is 2.97. The van der Waals surface area contributed by atoms with Crippen molar-refractivity contribution in [3.63, 3.8) is 0 Å². The average molecular weight is 201 g/mol. The average Bonchev–Trinajstić information content (AvgIpc) is 2.01. The predicted octanol–water partition coefficient (Wildman–Crippen LogP) is -0.0618. The highest BCUT2D eigenvalue weighted by molar-refractivity contribution is 8.01. The summed E-state index contributed by atoms with van der Waals surface area (Å²) in [7, 11) is 0. The standard InChI is InChI=1S/C8H9NO2S.H2O/c1-5(10)6-2-3-9-7(11)4-8(9)12-6;/h2-3,6,8H,4H2,1H3;1H2/t6?,8-;/m1./s1. The number of Topliss-reactive ketones (excluding diaryl/α,β-unsaturated/α-hetero) is 1. The lowest BCUT2D eigenvalue weighted by atomic mass is 10.2. The zero-order valence-electron chi connectivity index (χ0n) is 7.19.